The molecule has 1 aromatic carbocycles. The molecule has 1 aromatic rings. The Kier molecular flexibility index (Phi) is 6.89. The number of benzene rings is 1. The molecule has 0 amide bonds. The zero-order chi connectivity index (χ0) is 19.6. The van der Waals surface area contributed by atoms with Crippen molar-refractivity contribution in [3.8, 4) is 0 Å². The standard InChI is InChI=1S/C17H29ClN2O3SSi/c1-17(2,3)25(7,8)19-24(18,22)15-10-9-13(12-20(4)5)11-14(15)16(21)23-6/h9-11H,12H2,1-8H3. The fourth-order valence-electron chi connectivity index (χ4n) is 2.01. The molecule has 0 bridgehead atoms. The Hall–Kier alpha value is -0.893. The van der Waals surface area contributed by atoms with Crippen LogP contribution in [-0.2, 0) is 20.2 Å². The van der Waals surface area contributed by atoms with E-state index in [-0.39, 0.29) is 15.5 Å². The molecule has 0 heterocycles. The number of nitrogens with zero attached hydrogens (tertiary/aromatic N) is 2. The maximum Gasteiger partial charge on any atom is 0.339 e. The third-order valence-electron chi connectivity index (χ3n) is 4.40. The molecule has 0 aliphatic rings. The second kappa shape index (κ2) is 7.78. The van der Waals surface area contributed by atoms with Gasteiger partial charge in [-0.15, -0.1) is 0 Å². The van der Waals surface area contributed by atoms with Crippen LogP contribution in [0.2, 0.25) is 18.1 Å². The lowest BCUT2D eigenvalue weighted by Gasteiger charge is -2.32. The van der Waals surface area contributed by atoms with Gasteiger partial charge in [0.1, 0.15) is 0 Å². The molecule has 0 aromatic heterocycles. The van der Waals surface area contributed by atoms with Crippen molar-refractivity contribution in [3.05, 3.63) is 29.3 Å². The first kappa shape index (κ1) is 22.1. The summed E-state index contributed by atoms with van der Waals surface area (Å²) < 4.78 is 22.7. The Morgan fingerprint density at radius 2 is 1.88 bits per heavy atom. The van der Waals surface area contributed by atoms with Crippen molar-refractivity contribution >= 4 is 33.8 Å². The molecule has 142 valence electrons. The normalized spacial score (nSPS) is 15.0. The topological polar surface area (TPSA) is 59.0 Å². The van der Waals surface area contributed by atoms with Gasteiger partial charge in [-0.2, -0.15) is 0 Å². The van der Waals surface area contributed by atoms with Gasteiger partial charge < -0.3 is 9.64 Å². The molecule has 0 saturated carbocycles. The van der Waals surface area contributed by atoms with Gasteiger partial charge in [0, 0.05) is 17.2 Å². The Bertz CT molecular complexity index is 764. The van der Waals surface area contributed by atoms with Crippen LogP contribution in [0, 0.1) is 0 Å². The summed E-state index contributed by atoms with van der Waals surface area (Å²) in [6.45, 7) is 10.9. The predicted molar refractivity (Wildman–Crippen MR) is 107 cm³/mol. The predicted octanol–water partition coefficient (Wildman–Crippen LogP) is 4.52. The van der Waals surface area contributed by atoms with Crippen molar-refractivity contribution in [1.82, 2.24) is 4.90 Å². The molecule has 25 heavy (non-hydrogen) atoms. The third kappa shape index (κ3) is 5.54. The van der Waals surface area contributed by atoms with E-state index < -0.39 is 23.1 Å². The maximum atomic E-state index is 13.2. The van der Waals surface area contributed by atoms with Crippen LogP contribution in [0.15, 0.2) is 27.1 Å². The van der Waals surface area contributed by atoms with Gasteiger partial charge in [0.15, 0.2) is 17.2 Å². The van der Waals surface area contributed by atoms with Crippen LogP contribution in [0.5, 0.6) is 0 Å². The lowest BCUT2D eigenvalue weighted by molar-refractivity contribution is 0.0596. The molecule has 5 nitrogen and oxygen atoms in total. The fraction of sp³-hybridized carbons (Fsp3) is 0.588. The Labute approximate surface area is 157 Å². The number of hydrogen-bond donors (Lipinski definition) is 0. The zero-order valence-electron chi connectivity index (χ0n) is 16.3. The molecule has 1 unspecified atom stereocenters. The number of carbonyl (C=O) groups is 1. The van der Waals surface area contributed by atoms with Crippen LogP contribution in [-0.4, -0.2) is 44.5 Å². The molecular weight excluding hydrogens is 376 g/mol. The van der Waals surface area contributed by atoms with Crippen molar-refractivity contribution < 1.29 is 13.7 Å². The number of rotatable bonds is 5. The number of methoxy groups -OCH3 is 1. The number of esters is 1. The second-order valence-electron chi connectivity index (χ2n) is 7.92. The Morgan fingerprint density at radius 1 is 1.32 bits per heavy atom. The molecule has 8 heteroatoms. The zero-order valence-corrected chi connectivity index (χ0v) is 18.9. The number of halogens is 1. The van der Waals surface area contributed by atoms with E-state index >= 15 is 0 Å². The van der Waals surface area contributed by atoms with E-state index in [2.05, 4.69) is 24.8 Å². The summed E-state index contributed by atoms with van der Waals surface area (Å²) in [6, 6.07) is 5.15. The van der Waals surface area contributed by atoms with E-state index in [1.807, 2.05) is 38.2 Å². The van der Waals surface area contributed by atoms with Gasteiger partial charge in [0.2, 0.25) is 0 Å². The van der Waals surface area contributed by atoms with Crippen molar-refractivity contribution in [2.75, 3.05) is 21.2 Å². The van der Waals surface area contributed by atoms with Crippen LogP contribution in [0.4, 0.5) is 0 Å². The van der Waals surface area contributed by atoms with Crippen molar-refractivity contribution in [3.63, 3.8) is 0 Å². The summed E-state index contributed by atoms with van der Waals surface area (Å²) in [5.41, 5.74) is 1.12. The largest absolute Gasteiger partial charge is 0.465 e. The minimum Gasteiger partial charge on any atom is -0.465 e. The van der Waals surface area contributed by atoms with Gasteiger partial charge in [-0.25, -0.2) is 9.00 Å². The molecule has 0 radical (unpaired) electrons. The first-order valence-corrected chi connectivity index (χ1v) is 13.3. The van der Waals surface area contributed by atoms with Crippen LogP contribution in [0.1, 0.15) is 36.7 Å². The lowest BCUT2D eigenvalue weighted by atomic mass is 10.1. The second-order valence-corrected chi connectivity index (χ2v) is 15.9. The molecule has 0 aliphatic carbocycles. The number of hydrogen-bond acceptors (Lipinski definition) is 5. The van der Waals surface area contributed by atoms with E-state index in [0.717, 1.165) is 5.56 Å². The maximum absolute atomic E-state index is 13.2. The van der Waals surface area contributed by atoms with Gasteiger partial charge in [-0.3, -0.25) is 4.03 Å². The molecule has 1 atom stereocenters. The monoisotopic (exact) mass is 404 g/mol. The van der Waals surface area contributed by atoms with Crippen LogP contribution >= 0.6 is 10.7 Å². The fourth-order valence-corrected chi connectivity index (χ4v) is 8.45. The Balaban J connectivity index is 3.59. The third-order valence-corrected chi connectivity index (χ3v) is 12.9. The van der Waals surface area contributed by atoms with Gasteiger partial charge in [0.25, 0.3) is 0 Å². The van der Waals surface area contributed by atoms with Crippen molar-refractivity contribution in [2.45, 2.75) is 50.3 Å². The van der Waals surface area contributed by atoms with Crippen molar-refractivity contribution in [1.29, 1.82) is 0 Å². The number of ether oxygens (including phenoxy) is 1. The van der Waals surface area contributed by atoms with Crippen molar-refractivity contribution in [2.24, 2.45) is 4.03 Å². The molecule has 0 aliphatic heterocycles. The van der Waals surface area contributed by atoms with E-state index in [1.165, 1.54) is 7.11 Å². The molecule has 0 spiro atoms. The van der Waals surface area contributed by atoms with E-state index in [1.54, 1.807) is 12.1 Å². The average Bonchev–Trinajstić information content (AvgIpc) is 2.43. The first-order valence-electron chi connectivity index (χ1n) is 8.05. The van der Waals surface area contributed by atoms with Gasteiger partial charge in [0.05, 0.1) is 17.6 Å². The molecule has 0 N–H and O–H groups in total. The van der Waals surface area contributed by atoms with Crippen LogP contribution in [0.3, 0.4) is 0 Å². The smallest absolute Gasteiger partial charge is 0.339 e. The van der Waals surface area contributed by atoms with E-state index in [4.69, 9.17) is 15.4 Å². The first-order chi connectivity index (χ1) is 11.2. The van der Waals surface area contributed by atoms with Crippen LogP contribution < -0.4 is 0 Å². The highest BCUT2D eigenvalue weighted by atomic mass is 35.7. The van der Waals surface area contributed by atoms with Gasteiger partial charge in [-0.05, 0) is 49.9 Å². The average molecular weight is 405 g/mol. The highest BCUT2D eigenvalue weighted by Gasteiger charge is 2.38. The minimum atomic E-state index is -3.24. The summed E-state index contributed by atoms with van der Waals surface area (Å²) in [6.07, 6.45) is 0. The van der Waals surface area contributed by atoms with E-state index in [9.17, 15) is 9.00 Å². The molecule has 1 rings (SSSR count). The van der Waals surface area contributed by atoms with E-state index in [0.29, 0.717) is 6.54 Å². The van der Waals surface area contributed by atoms with Gasteiger partial charge in [-0.1, -0.05) is 26.8 Å². The highest BCUT2D eigenvalue weighted by Crippen LogP contribution is 2.39. The molecule has 0 saturated heterocycles. The minimum absolute atomic E-state index is 0.110. The SMILES string of the molecule is COC(=O)c1cc(CN(C)C)ccc1S(=O)(Cl)=N[Si](C)(C)C(C)(C)C. The van der Waals surface area contributed by atoms with Gasteiger partial charge >= 0.3 is 5.97 Å². The summed E-state index contributed by atoms with van der Waals surface area (Å²) in [5, 5.41) is -0.110. The summed E-state index contributed by atoms with van der Waals surface area (Å²) >= 11 is 0. The van der Waals surface area contributed by atoms with Crippen LogP contribution in [0.25, 0.3) is 0 Å². The highest BCUT2D eigenvalue weighted by molar-refractivity contribution is 8.16. The number of carbonyl (C=O) groups excluding carboxylic acids is 1. The summed E-state index contributed by atoms with van der Waals surface area (Å²) in [5.74, 6) is -0.561. The molecular formula is C17H29ClN2O3SSi. The Morgan fingerprint density at radius 3 is 2.32 bits per heavy atom. The summed E-state index contributed by atoms with van der Waals surface area (Å²) in [4.78, 5) is 14.4. The molecule has 0 fully saturated rings. The summed E-state index contributed by atoms with van der Waals surface area (Å²) in [7, 11) is 6.05. The quantitative estimate of drug-likeness (QED) is 0.411. The lowest BCUT2D eigenvalue weighted by Crippen LogP contribution is -2.36.